The van der Waals surface area contributed by atoms with Gasteiger partial charge in [0.05, 0.1) is 9.72 Å². The van der Waals surface area contributed by atoms with Crippen molar-refractivity contribution in [3.05, 3.63) is 21.0 Å². The highest BCUT2D eigenvalue weighted by Crippen LogP contribution is 2.39. The summed E-state index contributed by atoms with van der Waals surface area (Å²) in [6, 6.07) is 1.72. The molecular weight excluding hydrogens is 400 g/mol. The van der Waals surface area contributed by atoms with Crippen molar-refractivity contribution in [3.8, 4) is 0 Å². The Bertz CT molecular complexity index is 533. The van der Waals surface area contributed by atoms with Crippen molar-refractivity contribution in [3.63, 3.8) is 0 Å². The van der Waals surface area contributed by atoms with Gasteiger partial charge in [0.15, 0.2) is 4.67 Å². The first-order valence-corrected chi connectivity index (χ1v) is 9.64. The fraction of sp³-hybridized carbons (Fsp3) is 0.667. The Balaban J connectivity index is 2.13. The molecule has 0 radical (unpaired) electrons. The van der Waals surface area contributed by atoms with Gasteiger partial charge in [0.1, 0.15) is 21.7 Å². The van der Waals surface area contributed by atoms with Gasteiger partial charge in [-0.15, -0.1) is 0 Å². The van der Waals surface area contributed by atoms with E-state index in [1.54, 1.807) is 6.07 Å². The van der Waals surface area contributed by atoms with Crippen LogP contribution in [0.5, 0.6) is 0 Å². The number of aliphatic hydroxyl groups is 1. The van der Waals surface area contributed by atoms with Crippen LogP contribution in [0.25, 0.3) is 0 Å². The third kappa shape index (κ3) is 3.62. The molecule has 1 fully saturated rings. The Hall–Kier alpha value is 0.150. The lowest BCUT2D eigenvalue weighted by molar-refractivity contribution is 0.0653. The van der Waals surface area contributed by atoms with Gasteiger partial charge in [-0.1, -0.05) is 6.42 Å². The van der Waals surface area contributed by atoms with E-state index in [0.29, 0.717) is 23.3 Å². The molecule has 4 nitrogen and oxygen atoms in total. The number of hydrogen-bond donors (Lipinski definition) is 1. The first kappa shape index (κ1) is 15.5. The van der Waals surface area contributed by atoms with Crippen molar-refractivity contribution in [1.82, 2.24) is 0 Å². The highest BCUT2D eigenvalue weighted by atomic mass is 79.9. The van der Waals surface area contributed by atoms with Crippen LogP contribution >= 0.6 is 31.9 Å². The van der Waals surface area contributed by atoms with Gasteiger partial charge in [-0.2, -0.15) is 0 Å². The number of furan rings is 1. The predicted octanol–water partition coefficient (Wildman–Crippen LogP) is 3.44. The zero-order valence-corrected chi connectivity index (χ0v) is 14.5. The van der Waals surface area contributed by atoms with E-state index in [0.717, 1.165) is 17.3 Å². The average Bonchev–Trinajstić information content (AvgIpc) is 2.68. The fourth-order valence-corrected chi connectivity index (χ4v) is 4.40. The summed E-state index contributed by atoms with van der Waals surface area (Å²) in [4.78, 5) is 0. The molecule has 1 aliphatic rings. The Morgan fingerprint density at radius 2 is 2.11 bits per heavy atom. The quantitative estimate of drug-likeness (QED) is 0.820. The maximum atomic E-state index is 11.6. The van der Waals surface area contributed by atoms with Gasteiger partial charge in [0.2, 0.25) is 0 Å². The van der Waals surface area contributed by atoms with E-state index in [-0.39, 0.29) is 11.2 Å². The first-order valence-electron chi connectivity index (χ1n) is 6.10. The second-order valence-electron chi connectivity index (χ2n) is 5.09. The van der Waals surface area contributed by atoms with Gasteiger partial charge in [0.25, 0.3) is 0 Å². The number of sulfone groups is 1. The number of aliphatic hydroxyl groups excluding tert-OH is 1. The second-order valence-corrected chi connectivity index (χ2v) is 8.99. The van der Waals surface area contributed by atoms with Gasteiger partial charge >= 0.3 is 0 Å². The summed E-state index contributed by atoms with van der Waals surface area (Å²) in [5.74, 6) is 0.399. The lowest BCUT2D eigenvalue weighted by Crippen LogP contribution is -2.30. The molecule has 3 atom stereocenters. The van der Waals surface area contributed by atoms with Crippen molar-refractivity contribution in [2.24, 2.45) is 5.92 Å². The molecule has 0 saturated heterocycles. The minimum absolute atomic E-state index is 0.0709. The minimum Gasteiger partial charge on any atom is -0.450 e. The Kier molecular flexibility index (Phi) is 4.80. The number of halogens is 2. The SMILES string of the molecule is CS(=O)(=O)C1CCCC(C(O)c2cc(Br)c(Br)o2)C1. The smallest absolute Gasteiger partial charge is 0.183 e. The van der Waals surface area contributed by atoms with Crippen molar-refractivity contribution >= 4 is 41.7 Å². The highest BCUT2D eigenvalue weighted by molar-refractivity contribution is 9.13. The van der Waals surface area contributed by atoms with Crippen LogP contribution < -0.4 is 0 Å². The van der Waals surface area contributed by atoms with Gasteiger partial charge in [-0.3, -0.25) is 0 Å². The van der Waals surface area contributed by atoms with Crippen LogP contribution in [0, 0.1) is 5.92 Å². The number of rotatable bonds is 3. The maximum absolute atomic E-state index is 11.6. The van der Waals surface area contributed by atoms with Gasteiger partial charge < -0.3 is 9.52 Å². The molecule has 3 unspecified atom stereocenters. The Labute approximate surface area is 129 Å². The summed E-state index contributed by atoms with van der Waals surface area (Å²) in [7, 11) is -3.04. The zero-order valence-electron chi connectivity index (χ0n) is 10.5. The molecule has 1 saturated carbocycles. The molecule has 108 valence electrons. The van der Waals surface area contributed by atoms with Gasteiger partial charge in [-0.05, 0) is 63.1 Å². The van der Waals surface area contributed by atoms with E-state index in [9.17, 15) is 13.5 Å². The Morgan fingerprint density at radius 3 is 2.63 bits per heavy atom. The molecule has 2 rings (SSSR count). The third-order valence-corrected chi connectivity index (χ3v) is 7.02. The van der Waals surface area contributed by atoms with Crippen molar-refractivity contribution in [2.45, 2.75) is 37.0 Å². The molecule has 19 heavy (non-hydrogen) atoms. The largest absolute Gasteiger partial charge is 0.450 e. The summed E-state index contributed by atoms with van der Waals surface area (Å²) in [5, 5.41) is 9.99. The van der Waals surface area contributed by atoms with Crippen molar-refractivity contribution in [2.75, 3.05) is 6.26 Å². The van der Waals surface area contributed by atoms with Crippen LogP contribution in [-0.4, -0.2) is 25.0 Å². The minimum atomic E-state index is -3.04. The van der Waals surface area contributed by atoms with Crippen molar-refractivity contribution < 1.29 is 17.9 Å². The van der Waals surface area contributed by atoms with Crippen LogP contribution in [0.4, 0.5) is 0 Å². The predicted molar refractivity (Wildman–Crippen MR) is 79.7 cm³/mol. The summed E-state index contributed by atoms with van der Waals surface area (Å²) < 4.78 is 30.0. The van der Waals surface area contributed by atoms with Crippen LogP contribution in [0.1, 0.15) is 37.5 Å². The van der Waals surface area contributed by atoms with E-state index < -0.39 is 15.9 Å². The van der Waals surface area contributed by atoms with Gasteiger partial charge in [-0.25, -0.2) is 8.42 Å². The lowest BCUT2D eigenvalue weighted by Gasteiger charge is -2.30. The topological polar surface area (TPSA) is 67.5 Å². The standard InChI is InChI=1S/C12H16Br2O4S/c1-19(16,17)8-4-2-3-7(5-8)11(15)10-6-9(13)12(14)18-10/h6-8,11,15H,2-5H2,1H3. The molecule has 1 aromatic rings. The molecule has 1 heterocycles. The summed E-state index contributed by atoms with van der Waals surface area (Å²) in [6.07, 6.45) is 3.34. The summed E-state index contributed by atoms with van der Waals surface area (Å²) in [6.45, 7) is 0. The molecular formula is C12H16Br2O4S. The normalized spacial score (nSPS) is 26.3. The molecule has 0 spiro atoms. The van der Waals surface area contributed by atoms with E-state index in [2.05, 4.69) is 31.9 Å². The highest BCUT2D eigenvalue weighted by Gasteiger charge is 2.34. The molecule has 0 aliphatic heterocycles. The molecule has 0 bridgehead atoms. The fourth-order valence-electron chi connectivity index (χ4n) is 2.60. The first-order chi connectivity index (χ1) is 8.79. The molecule has 7 heteroatoms. The third-order valence-electron chi connectivity index (χ3n) is 3.67. The zero-order chi connectivity index (χ0) is 14.2. The van der Waals surface area contributed by atoms with E-state index in [1.165, 1.54) is 6.26 Å². The summed E-state index contributed by atoms with van der Waals surface area (Å²) >= 11 is 6.54. The maximum Gasteiger partial charge on any atom is 0.183 e. The van der Waals surface area contributed by atoms with Crippen LogP contribution in [0.2, 0.25) is 0 Å². The van der Waals surface area contributed by atoms with Crippen molar-refractivity contribution in [1.29, 1.82) is 0 Å². The summed E-state index contributed by atoms with van der Waals surface area (Å²) in [5.41, 5.74) is 0. The Morgan fingerprint density at radius 1 is 1.42 bits per heavy atom. The average molecular weight is 416 g/mol. The molecule has 0 aromatic carbocycles. The molecule has 1 aromatic heterocycles. The van der Waals surface area contributed by atoms with Crippen LogP contribution in [0.15, 0.2) is 19.6 Å². The van der Waals surface area contributed by atoms with E-state index in [4.69, 9.17) is 4.42 Å². The molecule has 1 N–H and O–H groups in total. The monoisotopic (exact) mass is 414 g/mol. The van der Waals surface area contributed by atoms with Crippen LogP contribution in [0.3, 0.4) is 0 Å². The van der Waals surface area contributed by atoms with Crippen LogP contribution in [-0.2, 0) is 9.84 Å². The lowest BCUT2D eigenvalue weighted by atomic mass is 9.84. The second kappa shape index (κ2) is 5.87. The number of hydrogen-bond acceptors (Lipinski definition) is 4. The molecule has 0 amide bonds. The van der Waals surface area contributed by atoms with E-state index in [1.807, 2.05) is 0 Å². The van der Waals surface area contributed by atoms with Gasteiger partial charge in [0, 0.05) is 6.26 Å². The van der Waals surface area contributed by atoms with E-state index >= 15 is 0 Å². The molecule has 1 aliphatic carbocycles.